The molecule has 0 saturated carbocycles. The van der Waals surface area contributed by atoms with Gasteiger partial charge in [-0.3, -0.25) is 9.59 Å². The van der Waals surface area contributed by atoms with Crippen LogP contribution in [0.15, 0.2) is 65.8 Å². The quantitative estimate of drug-likeness (QED) is 0.434. The molecule has 0 aliphatic rings. The molecule has 0 unspecified atom stereocenters. The highest BCUT2D eigenvalue weighted by Crippen LogP contribution is 2.25. The molecule has 0 heterocycles. The number of phenolic OH excluding ortho intramolecular Hbond substituents is 1. The van der Waals surface area contributed by atoms with Crippen LogP contribution in [-0.4, -0.2) is 23.1 Å². The monoisotopic (exact) mass is 389 g/mol. The number of hydrogen-bond donors (Lipinski definition) is 3. The normalized spacial score (nSPS) is 11.1. The maximum absolute atomic E-state index is 12.3. The van der Waals surface area contributed by atoms with Gasteiger partial charge in [0.15, 0.2) is 0 Å². The summed E-state index contributed by atoms with van der Waals surface area (Å²) in [4.78, 5) is 24.1. The lowest BCUT2D eigenvalue weighted by molar-refractivity contribution is -0.116. The lowest BCUT2D eigenvalue weighted by Crippen LogP contribution is -2.18. The standard InChI is InChI=1S/C23H23N3O3/c1-15(2)13-22(28)25-18-10-7-17(8-11-18)23(29)26-24-14-20-19-6-4-3-5-16(19)9-12-21(20)27/h3-12,14-15,27H,13H2,1-2H3,(H,25,28)(H,26,29). The second-order valence-electron chi connectivity index (χ2n) is 7.14. The van der Waals surface area contributed by atoms with E-state index in [1.807, 2.05) is 44.2 Å². The molecule has 0 atom stereocenters. The van der Waals surface area contributed by atoms with Crippen molar-refractivity contribution in [1.29, 1.82) is 0 Å². The van der Waals surface area contributed by atoms with Gasteiger partial charge in [0.2, 0.25) is 5.91 Å². The highest BCUT2D eigenvalue weighted by molar-refractivity contribution is 6.03. The van der Waals surface area contributed by atoms with E-state index in [9.17, 15) is 14.7 Å². The third kappa shape index (κ3) is 5.19. The van der Waals surface area contributed by atoms with Crippen molar-refractivity contribution in [3.63, 3.8) is 0 Å². The minimum Gasteiger partial charge on any atom is -0.507 e. The Balaban J connectivity index is 1.65. The molecular weight excluding hydrogens is 366 g/mol. The molecule has 6 nitrogen and oxygen atoms in total. The molecule has 3 aromatic carbocycles. The molecule has 3 rings (SSSR count). The topological polar surface area (TPSA) is 90.8 Å². The molecule has 2 amide bonds. The number of carbonyl (C=O) groups excluding carboxylic acids is 2. The number of carbonyl (C=O) groups is 2. The van der Waals surface area contributed by atoms with E-state index in [4.69, 9.17) is 0 Å². The molecule has 6 heteroatoms. The highest BCUT2D eigenvalue weighted by atomic mass is 16.3. The first kappa shape index (κ1) is 20.1. The van der Waals surface area contributed by atoms with Crippen molar-refractivity contribution in [3.05, 3.63) is 71.8 Å². The van der Waals surface area contributed by atoms with Crippen LogP contribution in [0.5, 0.6) is 5.75 Å². The second kappa shape index (κ2) is 9.01. The first-order valence-corrected chi connectivity index (χ1v) is 9.38. The Bertz CT molecular complexity index is 1060. The first-order valence-electron chi connectivity index (χ1n) is 9.38. The lowest BCUT2D eigenvalue weighted by atomic mass is 10.0. The van der Waals surface area contributed by atoms with Crippen molar-refractivity contribution in [1.82, 2.24) is 5.43 Å². The number of benzene rings is 3. The van der Waals surface area contributed by atoms with Gasteiger partial charge in [-0.1, -0.05) is 44.2 Å². The molecule has 0 radical (unpaired) electrons. The summed E-state index contributed by atoms with van der Waals surface area (Å²) in [5.74, 6) is -0.0833. The van der Waals surface area contributed by atoms with Crippen molar-refractivity contribution < 1.29 is 14.7 Å². The van der Waals surface area contributed by atoms with Gasteiger partial charge in [-0.05, 0) is 47.0 Å². The van der Waals surface area contributed by atoms with Crippen LogP contribution in [0.1, 0.15) is 36.2 Å². The Hall–Kier alpha value is -3.67. The van der Waals surface area contributed by atoms with Gasteiger partial charge < -0.3 is 10.4 Å². The smallest absolute Gasteiger partial charge is 0.271 e. The second-order valence-corrected chi connectivity index (χ2v) is 7.14. The van der Waals surface area contributed by atoms with Crippen LogP contribution in [0.25, 0.3) is 10.8 Å². The molecule has 0 fully saturated rings. The molecule has 0 saturated heterocycles. The van der Waals surface area contributed by atoms with Crippen molar-refractivity contribution >= 4 is 34.5 Å². The van der Waals surface area contributed by atoms with Crippen LogP contribution < -0.4 is 10.7 Å². The SMILES string of the molecule is CC(C)CC(=O)Nc1ccc(C(=O)NN=Cc2c(O)ccc3ccccc23)cc1. The Morgan fingerprint density at radius 1 is 1.03 bits per heavy atom. The molecule has 0 bridgehead atoms. The summed E-state index contributed by atoms with van der Waals surface area (Å²) in [7, 11) is 0. The van der Waals surface area contributed by atoms with Crippen LogP contribution in [0, 0.1) is 5.92 Å². The maximum Gasteiger partial charge on any atom is 0.271 e. The molecule has 0 aliphatic carbocycles. The fourth-order valence-electron chi connectivity index (χ4n) is 2.93. The largest absolute Gasteiger partial charge is 0.507 e. The molecule has 3 aromatic rings. The third-order valence-corrected chi connectivity index (χ3v) is 4.33. The lowest BCUT2D eigenvalue weighted by Gasteiger charge is -2.08. The summed E-state index contributed by atoms with van der Waals surface area (Å²) in [5, 5.41) is 18.7. The summed E-state index contributed by atoms with van der Waals surface area (Å²) >= 11 is 0. The first-order chi connectivity index (χ1) is 13.9. The number of rotatable bonds is 6. The number of phenols is 1. The van der Waals surface area contributed by atoms with Crippen LogP contribution in [0.3, 0.4) is 0 Å². The van der Waals surface area contributed by atoms with E-state index in [-0.39, 0.29) is 23.5 Å². The van der Waals surface area contributed by atoms with E-state index >= 15 is 0 Å². The number of fused-ring (bicyclic) bond motifs is 1. The average molecular weight is 389 g/mol. The Kier molecular flexibility index (Phi) is 6.24. The Morgan fingerprint density at radius 2 is 1.76 bits per heavy atom. The minimum atomic E-state index is -0.388. The molecule has 0 aliphatic heterocycles. The van der Waals surface area contributed by atoms with Gasteiger partial charge in [0.05, 0.1) is 6.21 Å². The number of amides is 2. The fraction of sp³-hybridized carbons (Fsp3) is 0.174. The van der Waals surface area contributed by atoms with Crippen LogP contribution in [0.4, 0.5) is 5.69 Å². The Morgan fingerprint density at radius 3 is 2.48 bits per heavy atom. The number of nitrogens with one attached hydrogen (secondary N) is 2. The summed E-state index contributed by atoms with van der Waals surface area (Å²) in [6, 6.07) is 17.6. The number of hydrogen-bond acceptors (Lipinski definition) is 4. The van der Waals surface area contributed by atoms with Gasteiger partial charge >= 0.3 is 0 Å². The summed E-state index contributed by atoms with van der Waals surface area (Å²) in [5.41, 5.74) is 4.04. The van der Waals surface area contributed by atoms with Crippen molar-refractivity contribution in [2.75, 3.05) is 5.32 Å². The van der Waals surface area contributed by atoms with E-state index in [1.165, 1.54) is 6.21 Å². The van der Waals surface area contributed by atoms with E-state index in [2.05, 4.69) is 15.8 Å². The Labute approximate surface area is 169 Å². The molecule has 29 heavy (non-hydrogen) atoms. The summed E-state index contributed by atoms with van der Waals surface area (Å²) in [6.07, 6.45) is 1.87. The molecular formula is C23H23N3O3. The zero-order valence-electron chi connectivity index (χ0n) is 16.3. The zero-order valence-corrected chi connectivity index (χ0v) is 16.3. The summed E-state index contributed by atoms with van der Waals surface area (Å²) in [6.45, 7) is 3.96. The van der Waals surface area contributed by atoms with Gasteiger partial charge in [-0.25, -0.2) is 5.43 Å². The van der Waals surface area contributed by atoms with Gasteiger partial charge in [-0.15, -0.1) is 0 Å². The zero-order chi connectivity index (χ0) is 20.8. The van der Waals surface area contributed by atoms with Crippen molar-refractivity contribution in [2.24, 2.45) is 11.0 Å². The molecule has 3 N–H and O–H groups in total. The van der Waals surface area contributed by atoms with Gasteiger partial charge in [0, 0.05) is 23.2 Å². The van der Waals surface area contributed by atoms with Crippen LogP contribution >= 0.6 is 0 Å². The molecule has 148 valence electrons. The van der Waals surface area contributed by atoms with Gasteiger partial charge in [0.1, 0.15) is 5.75 Å². The number of hydrazone groups is 1. The van der Waals surface area contributed by atoms with E-state index in [0.717, 1.165) is 10.8 Å². The predicted octanol–water partition coefficient (Wildman–Crippen LogP) is 4.29. The number of anilines is 1. The van der Waals surface area contributed by atoms with Crippen LogP contribution in [0.2, 0.25) is 0 Å². The number of nitrogens with zero attached hydrogens (tertiary/aromatic N) is 1. The minimum absolute atomic E-state index is 0.0586. The fourth-order valence-corrected chi connectivity index (χ4v) is 2.93. The van der Waals surface area contributed by atoms with E-state index < -0.39 is 0 Å². The number of aromatic hydroxyl groups is 1. The van der Waals surface area contributed by atoms with E-state index in [0.29, 0.717) is 23.2 Å². The van der Waals surface area contributed by atoms with Crippen LogP contribution in [-0.2, 0) is 4.79 Å². The average Bonchev–Trinajstić information content (AvgIpc) is 2.69. The van der Waals surface area contributed by atoms with Gasteiger partial charge in [0.25, 0.3) is 5.91 Å². The molecule has 0 spiro atoms. The van der Waals surface area contributed by atoms with E-state index in [1.54, 1.807) is 30.3 Å². The maximum atomic E-state index is 12.3. The van der Waals surface area contributed by atoms with Crippen molar-refractivity contribution in [3.8, 4) is 5.75 Å². The highest BCUT2D eigenvalue weighted by Gasteiger charge is 2.08. The van der Waals surface area contributed by atoms with Gasteiger partial charge in [-0.2, -0.15) is 5.10 Å². The molecule has 0 aromatic heterocycles. The summed E-state index contributed by atoms with van der Waals surface area (Å²) < 4.78 is 0. The third-order valence-electron chi connectivity index (χ3n) is 4.33. The van der Waals surface area contributed by atoms with Crippen molar-refractivity contribution in [2.45, 2.75) is 20.3 Å². The predicted molar refractivity (Wildman–Crippen MR) is 115 cm³/mol.